The van der Waals surface area contributed by atoms with E-state index in [2.05, 4.69) is 20.0 Å². The standard InChI is InChI=1S/C15H10F3N3O2S/c1-8-11(12(23-21-8)15(16,17)18)13(22)20-14-19-10(7-24-14)9-5-3-2-4-6-9/h2-7H,1H3,(H,19,20,22). The number of rotatable bonds is 3. The van der Waals surface area contributed by atoms with E-state index in [0.29, 0.717) is 5.69 Å². The monoisotopic (exact) mass is 353 g/mol. The average Bonchev–Trinajstić information content (AvgIpc) is 3.14. The molecule has 3 rings (SSSR count). The Kier molecular flexibility index (Phi) is 4.10. The second-order valence-electron chi connectivity index (χ2n) is 4.83. The minimum Gasteiger partial charge on any atom is -0.351 e. The fraction of sp³-hybridized carbons (Fsp3) is 0.133. The fourth-order valence-electron chi connectivity index (χ4n) is 2.06. The SMILES string of the molecule is Cc1noc(C(F)(F)F)c1C(=O)Nc1nc(-c2ccccc2)cs1. The molecule has 2 aromatic heterocycles. The molecule has 0 radical (unpaired) electrons. The van der Waals surface area contributed by atoms with Gasteiger partial charge in [0.1, 0.15) is 5.56 Å². The summed E-state index contributed by atoms with van der Waals surface area (Å²) in [6.07, 6.45) is -4.80. The van der Waals surface area contributed by atoms with Crippen molar-refractivity contribution in [2.24, 2.45) is 0 Å². The van der Waals surface area contributed by atoms with Crippen LogP contribution in [0.5, 0.6) is 0 Å². The number of nitrogens with one attached hydrogen (secondary N) is 1. The van der Waals surface area contributed by atoms with E-state index in [1.165, 1.54) is 6.92 Å². The quantitative estimate of drug-likeness (QED) is 0.759. The molecule has 0 aliphatic heterocycles. The lowest BCUT2D eigenvalue weighted by atomic mass is 10.2. The van der Waals surface area contributed by atoms with Crippen LogP contribution in [-0.4, -0.2) is 16.0 Å². The molecular weight excluding hydrogens is 343 g/mol. The number of anilines is 1. The Bertz CT molecular complexity index is 872. The topological polar surface area (TPSA) is 68.0 Å². The van der Waals surface area contributed by atoms with Crippen molar-refractivity contribution in [3.05, 3.63) is 52.7 Å². The molecule has 0 aliphatic rings. The van der Waals surface area contributed by atoms with Gasteiger partial charge < -0.3 is 4.52 Å². The maximum absolute atomic E-state index is 12.9. The lowest BCUT2D eigenvalue weighted by Crippen LogP contribution is -2.18. The molecule has 5 nitrogen and oxygen atoms in total. The summed E-state index contributed by atoms with van der Waals surface area (Å²) >= 11 is 1.11. The van der Waals surface area contributed by atoms with E-state index >= 15 is 0 Å². The van der Waals surface area contributed by atoms with Crippen LogP contribution in [0.15, 0.2) is 40.2 Å². The van der Waals surface area contributed by atoms with Crippen molar-refractivity contribution < 1.29 is 22.5 Å². The second-order valence-corrected chi connectivity index (χ2v) is 5.69. The number of carbonyl (C=O) groups is 1. The van der Waals surface area contributed by atoms with Crippen LogP contribution < -0.4 is 5.32 Å². The Labute approximate surface area is 138 Å². The Morgan fingerprint density at radius 1 is 1.25 bits per heavy atom. The first-order valence-corrected chi connectivity index (χ1v) is 7.60. The van der Waals surface area contributed by atoms with E-state index in [1.807, 2.05) is 30.3 Å². The zero-order chi connectivity index (χ0) is 17.3. The van der Waals surface area contributed by atoms with Gasteiger partial charge in [0.15, 0.2) is 5.13 Å². The number of thiazole rings is 1. The highest BCUT2D eigenvalue weighted by Crippen LogP contribution is 2.34. The molecule has 0 saturated carbocycles. The molecule has 0 spiro atoms. The summed E-state index contributed by atoms with van der Waals surface area (Å²) in [4.78, 5) is 16.4. The van der Waals surface area contributed by atoms with E-state index in [9.17, 15) is 18.0 Å². The zero-order valence-electron chi connectivity index (χ0n) is 12.2. The highest BCUT2D eigenvalue weighted by atomic mass is 32.1. The van der Waals surface area contributed by atoms with Crippen LogP contribution >= 0.6 is 11.3 Å². The van der Waals surface area contributed by atoms with Gasteiger partial charge in [0.25, 0.3) is 11.7 Å². The molecule has 124 valence electrons. The van der Waals surface area contributed by atoms with E-state index in [0.717, 1.165) is 16.9 Å². The van der Waals surface area contributed by atoms with Crippen molar-refractivity contribution in [2.75, 3.05) is 5.32 Å². The van der Waals surface area contributed by atoms with Gasteiger partial charge in [0, 0.05) is 10.9 Å². The van der Waals surface area contributed by atoms with Gasteiger partial charge in [-0.2, -0.15) is 13.2 Å². The molecule has 1 aromatic carbocycles. The van der Waals surface area contributed by atoms with Gasteiger partial charge >= 0.3 is 6.18 Å². The smallest absolute Gasteiger partial charge is 0.351 e. The molecule has 3 aromatic rings. The summed E-state index contributed by atoms with van der Waals surface area (Å²) in [7, 11) is 0. The first kappa shape index (κ1) is 16.2. The number of aryl methyl sites for hydroxylation is 1. The third-order valence-corrected chi connectivity index (χ3v) is 3.90. The minimum absolute atomic E-state index is 0.139. The highest BCUT2D eigenvalue weighted by Gasteiger charge is 2.42. The molecule has 0 saturated heterocycles. The molecule has 24 heavy (non-hydrogen) atoms. The second kappa shape index (κ2) is 6.08. The van der Waals surface area contributed by atoms with Gasteiger partial charge in [-0.3, -0.25) is 10.1 Å². The van der Waals surface area contributed by atoms with E-state index in [-0.39, 0.29) is 10.8 Å². The first-order chi connectivity index (χ1) is 11.4. The Balaban J connectivity index is 1.84. The molecule has 0 atom stereocenters. The number of alkyl halides is 3. The van der Waals surface area contributed by atoms with Gasteiger partial charge in [-0.25, -0.2) is 4.98 Å². The van der Waals surface area contributed by atoms with E-state index < -0.39 is 23.4 Å². The van der Waals surface area contributed by atoms with Crippen molar-refractivity contribution in [3.8, 4) is 11.3 Å². The lowest BCUT2D eigenvalue weighted by molar-refractivity contribution is -0.155. The maximum atomic E-state index is 12.9. The number of benzene rings is 1. The highest BCUT2D eigenvalue weighted by molar-refractivity contribution is 7.14. The minimum atomic E-state index is -4.80. The summed E-state index contributed by atoms with van der Waals surface area (Å²) in [5.41, 5.74) is 0.680. The predicted molar refractivity (Wildman–Crippen MR) is 81.7 cm³/mol. The summed E-state index contributed by atoms with van der Waals surface area (Å²) < 4.78 is 42.8. The number of aromatic nitrogens is 2. The van der Waals surface area contributed by atoms with Crippen molar-refractivity contribution in [1.29, 1.82) is 0 Å². The summed E-state index contributed by atoms with van der Waals surface area (Å²) in [5.74, 6) is -2.38. The van der Waals surface area contributed by atoms with Crippen molar-refractivity contribution >= 4 is 22.4 Å². The van der Waals surface area contributed by atoms with Crippen molar-refractivity contribution in [2.45, 2.75) is 13.1 Å². The lowest BCUT2D eigenvalue weighted by Gasteiger charge is -2.05. The largest absolute Gasteiger partial charge is 0.453 e. The predicted octanol–water partition coefficient (Wildman–Crippen LogP) is 4.38. The van der Waals surface area contributed by atoms with Crippen LogP contribution in [0.2, 0.25) is 0 Å². The molecule has 0 fully saturated rings. The van der Waals surface area contributed by atoms with Gasteiger partial charge in [-0.1, -0.05) is 35.5 Å². The van der Waals surface area contributed by atoms with Crippen LogP contribution in [0, 0.1) is 6.92 Å². The molecule has 1 amide bonds. The molecule has 1 N–H and O–H groups in total. The van der Waals surface area contributed by atoms with Crippen LogP contribution in [-0.2, 0) is 6.18 Å². The number of carbonyl (C=O) groups excluding carboxylic acids is 1. The van der Waals surface area contributed by atoms with Gasteiger partial charge in [-0.15, -0.1) is 11.3 Å². The number of nitrogens with zero attached hydrogens (tertiary/aromatic N) is 2. The Hall–Kier alpha value is -2.68. The Morgan fingerprint density at radius 3 is 2.62 bits per heavy atom. The van der Waals surface area contributed by atoms with Crippen molar-refractivity contribution in [1.82, 2.24) is 10.1 Å². The van der Waals surface area contributed by atoms with E-state index in [1.54, 1.807) is 5.38 Å². The maximum Gasteiger partial charge on any atom is 0.453 e. The number of hydrogen-bond donors (Lipinski definition) is 1. The van der Waals surface area contributed by atoms with Crippen LogP contribution in [0.3, 0.4) is 0 Å². The summed E-state index contributed by atoms with van der Waals surface area (Å²) in [5, 5.41) is 7.47. The molecule has 0 aliphatic carbocycles. The third-order valence-electron chi connectivity index (χ3n) is 3.14. The molecular formula is C15H10F3N3O2S. The summed E-state index contributed by atoms with van der Waals surface area (Å²) in [6, 6.07) is 9.21. The number of amides is 1. The zero-order valence-corrected chi connectivity index (χ0v) is 13.0. The van der Waals surface area contributed by atoms with E-state index in [4.69, 9.17) is 0 Å². The normalized spacial score (nSPS) is 11.5. The Morgan fingerprint density at radius 2 is 1.96 bits per heavy atom. The molecule has 0 unspecified atom stereocenters. The molecule has 9 heteroatoms. The van der Waals surface area contributed by atoms with Crippen LogP contribution in [0.25, 0.3) is 11.3 Å². The first-order valence-electron chi connectivity index (χ1n) is 6.72. The van der Waals surface area contributed by atoms with Crippen LogP contribution in [0.4, 0.5) is 18.3 Å². The average molecular weight is 353 g/mol. The number of hydrogen-bond acceptors (Lipinski definition) is 5. The molecule has 2 heterocycles. The van der Waals surface area contributed by atoms with Crippen LogP contribution in [0.1, 0.15) is 21.8 Å². The third kappa shape index (κ3) is 3.16. The van der Waals surface area contributed by atoms with Gasteiger partial charge in [0.2, 0.25) is 0 Å². The molecule has 0 bridgehead atoms. The van der Waals surface area contributed by atoms with Crippen molar-refractivity contribution in [3.63, 3.8) is 0 Å². The summed E-state index contributed by atoms with van der Waals surface area (Å²) in [6.45, 7) is 1.27. The number of halogens is 3. The van der Waals surface area contributed by atoms with Gasteiger partial charge in [0.05, 0.1) is 11.4 Å². The van der Waals surface area contributed by atoms with Gasteiger partial charge in [-0.05, 0) is 6.92 Å². The fourth-order valence-corrected chi connectivity index (χ4v) is 2.78.